The lowest BCUT2D eigenvalue weighted by molar-refractivity contribution is -0.146. The molecule has 7 nitrogen and oxygen atoms in total. The Morgan fingerprint density at radius 1 is 1.39 bits per heavy atom. The molecule has 0 aromatic heterocycles. The van der Waals surface area contributed by atoms with E-state index in [9.17, 15) is 9.90 Å². The maximum atomic E-state index is 11.7. The van der Waals surface area contributed by atoms with Gasteiger partial charge in [0.05, 0.1) is 19.6 Å². The lowest BCUT2D eigenvalue weighted by Crippen LogP contribution is -2.47. The van der Waals surface area contributed by atoms with Gasteiger partial charge in [-0.25, -0.2) is 0 Å². The largest absolute Gasteiger partial charge is 0.491 e. The molecule has 0 radical (unpaired) electrons. The summed E-state index contributed by atoms with van der Waals surface area (Å²) >= 11 is 0. The molecule has 2 rings (SSSR count). The topological polar surface area (TPSA) is 83.4 Å². The van der Waals surface area contributed by atoms with E-state index >= 15 is 0 Å². The lowest BCUT2D eigenvalue weighted by atomic mass is 9.97. The number of esters is 1. The highest BCUT2D eigenvalue weighted by Crippen LogP contribution is 2.18. The summed E-state index contributed by atoms with van der Waals surface area (Å²) in [5.74, 6) is 1.33. The van der Waals surface area contributed by atoms with Gasteiger partial charge in [0.1, 0.15) is 18.5 Å². The van der Waals surface area contributed by atoms with Crippen molar-refractivity contribution in [3.05, 3.63) is 29.8 Å². The Morgan fingerprint density at radius 3 is 2.71 bits per heavy atom. The van der Waals surface area contributed by atoms with Gasteiger partial charge < -0.3 is 24.8 Å². The van der Waals surface area contributed by atoms with Crippen LogP contribution in [0, 0.1) is 12.8 Å². The molecule has 0 spiro atoms. The number of aliphatic hydroxyl groups excluding tert-OH is 1. The number of hydrogen-bond donors (Lipinski definition) is 2. The summed E-state index contributed by atoms with van der Waals surface area (Å²) in [4.78, 5) is 18.3. The SMILES string of the molecule is CCNC(=NCC(O)COc1cccc(C)c1)N1CCC(C(=O)OC)CC1.I. The molecule has 158 valence electrons. The molecule has 1 saturated heterocycles. The summed E-state index contributed by atoms with van der Waals surface area (Å²) < 4.78 is 10.5. The molecule has 8 heteroatoms. The van der Waals surface area contributed by atoms with Gasteiger partial charge in [-0.1, -0.05) is 12.1 Å². The number of carbonyl (C=O) groups is 1. The molecule has 1 aliphatic rings. The van der Waals surface area contributed by atoms with E-state index in [0.29, 0.717) is 0 Å². The molecule has 2 N–H and O–H groups in total. The molecule has 1 aromatic carbocycles. The van der Waals surface area contributed by atoms with Crippen LogP contribution < -0.4 is 10.1 Å². The Hall–Kier alpha value is -1.55. The molecular formula is C20H32IN3O4. The lowest BCUT2D eigenvalue weighted by Gasteiger charge is -2.33. The number of aliphatic hydroxyl groups is 1. The molecule has 1 aliphatic heterocycles. The highest BCUT2D eigenvalue weighted by atomic mass is 127. The van der Waals surface area contributed by atoms with Crippen molar-refractivity contribution in [2.24, 2.45) is 10.9 Å². The van der Waals surface area contributed by atoms with E-state index < -0.39 is 6.10 Å². The molecule has 1 atom stereocenters. The number of nitrogens with zero attached hydrogens (tertiary/aromatic N) is 2. The zero-order valence-corrected chi connectivity index (χ0v) is 19.2. The molecule has 1 heterocycles. The van der Waals surface area contributed by atoms with Gasteiger partial charge in [0, 0.05) is 19.6 Å². The van der Waals surface area contributed by atoms with Gasteiger partial charge in [-0.3, -0.25) is 9.79 Å². The quantitative estimate of drug-likeness (QED) is 0.256. The number of aryl methyl sites for hydroxylation is 1. The zero-order chi connectivity index (χ0) is 19.6. The third-order valence-corrected chi connectivity index (χ3v) is 4.55. The van der Waals surface area contributed by atoms with Crippen molar-refractivity contribution in [2.75, 3.05) is 39.9 Å². The second-order valence-corrected chi connectivity index (χ2v) is 6.76. The summed E-state index contributed by atoms with van der Waals surface area (Å²) in [5.41, 5.74) is 1.12. The van der Waals surface area contributed by atoms with Gasteiger partial charge in [0.15, 0.2) is 5.96 Å². The van der Waals surface area contributed by atoms with E-state index in [4.69, 9.17) is 9.47 Å². The Morgan fingerprint density at radius 2 is 2.11 bits per heavy atom. The number of ether oxygens (including phenoxy) is 2. The van der Waals surface area contributed by atoms with E-state index in [1.54, 1.807) is 0 Å². The number of methoxy groups -OCH3 is 1. The first-order chi connectivity index (χ1) is 13.0. The van der Waals surface area contributed by atoms with Crippen LogP contribution in [0.2, 0.25) is 0 Å². The van der Waals surface area contributed by atoms with Crippen LogP contribution in [0.1, 0.15) is 25.3 Å². The van der Waals surface area contributed by atoms with Crippen LogP contribution in [0.4, 0.5) is 0 Å². The van der Waals surface area contributed by atoms with Crippen molar-refractivity contribution in [1.82, 2.24) is 10.2 Å². The number of nitrogens with one attached hydrogen (secondary N) is 1. The van der Waals surface area contributed by atoms with E-state index in [0.717, 1.165) is 49.7 Å². The number of likely N-dealkylation sites (tertiary alicyclic amines) is 1. The standard InChI is InChI=1S/C20H31N3O4.HI/c1-4-21-20(23-10-8-16(9-11-23)19(25)26-3)22-13-17(24)14-27-18-7-5-6-15(2)12-18;/h5-7,12,16-17,24H,4,8-11,13-14H2,1-3H3,(H,21,22);1H. The Balaban J connectivity index is 0.00000392. The molecular weight excluding hydrogens is 473 g/mol. The van der Waals surface area contributed by atoms with Crippen molar-refractivity contribution in [3.8, 4) is 5.75 Å². The first-order valence-corrected chi connectivity index (χ1v) is 9.52. The fourth-order valence-electron chi connectivity index (χ4n) is 3.06. The summed E-state index contributed by atoms with van der Waals surface area (Å²) in [6.07, 6.45) is 0.804. The van der Waals surface area contributed by atoms with Gasteiger partial charge in [0.2, 0.25) is 0 Å². The highest BCUT2D eigenvalue weighted by molar-refractivity contribution is 14.0. The van der Waals surface area contributed by atoms with Crippen LogP contribution >= 0.6 is 24.0 Å². The van der Waals surface area contributed by atoms with Gasteiger partial charge in [0.25, 0.3) is 0 Å². The zero-order valence-electron chi connectivity index (χ0n) is 16.9. The third-order valence-electron chi connectivity index (χ3n) is 4.55. The van der Waals surface area contributed by atoms with Crippen molar-refractivity contribution in [3.63, 3.8) is 0 Å². The number of benzene rings is 1. The maximum absolute atomic E-state index is 11.7. The minimum absolute atomic E-state index is 0. The minimum Gasteiger partial charge on any atom is -0.491 e. The van der Waals surface area contributed by atoms with E-state index in [-0.39, 0.29) is 49.0 Å². The van der Waals surface area contributed by atoms with Crippen LogP contribution in [0.3, 0.4) is 0 Å². The molecule has 1 aromatic rings. The molecule has 0 saturated carbocycles. The van der Waals surface area contributed by atoms with Gasteiger partial charge in [-0.05, 0) is 44.4 Å². The summed E-state index contributed by atoms with van der Waals surface area (Å²) in [5, 5.41) is 13.5. The van der Waals surface area contributed by atoms with Gasteiger partial charge in [-0.2, -0.15) is 0 Å². The fraction of sp³-hybridized carbons (Fsp3) is 0.600. The number of guanidine groups is 1. The molecule has 0 aliphatic carbocycles. The average Bonchev–Trinajstić information content (AvgIpc) is 2.69. The summed E-state index contributed by atoms with van der Waals surface area (Å²) in [6, 6.07) is 7.74. The maximum Gasteiger partial charge on any atom is 0.308 e. The smallest absolute Gasteiger partial charge is 0.308 e. The monoisotopic (exact) mass is 505 g/mol. The first-order valence-electron chi connectivity index (χ1n) is 9.52. The highest BCUT2D eigenvalue weighted by Gasteiger charge is 2.27. The number of piperidine rings is 1. The van der Waals surface area contributed by atoms with Gasteiger partial charge in [-0.15, -0.1) is 24.0 Å². The fourth-order valence-corrected chi connectivity index (χ4v) is 3.06. The van der Waals surface area contributed by atoms with Crippen LogP contribution in [-0.2, 0) is 9.53 Å². The van der Waals surface area contributed by atoms with Crippen LogP contribution in [0.25, 0.3) is 0 Å². The number of carbonyl (C=O) groups excluding carboxylic acids is 1. The number of aliphatic imine (C=N–C) groups is 1. The van der Waals surface area contributed by atoms with Crippen molar-refractivity contribution in [1.29, 1.82) is 0 Å². The van der Waals surface area contributed by atoms with Crippen molar-refractivity contribution in [2.45, 2.75) is 32.8 Å². The second kappa shape index (κ2) is 12.8. The predicted molar refractivity (Wildman–Crippen MR) is 120 cm³/mol. The molecule has 1 fully saturated rings. The van der Waals surface area contributed by atoms with Crippen LogP contribution in [-0.4, -0.2) is 67.9 Å². The Kier molecular flexibility index (Phi) is 11.2. The van der Waals surface area contributed by atoms with E-state index in [1.165, 1.54) is 7.11 Å². The summed E-state index contributed by atoms with van der Waals surface area (Å²) in [6.45, 7) is 6.67. The Bertz CT molecular complexity index is 634. The van der Waals surface area contributed by atoms with E-state index in [2.05, 4.69) is 15.2 Å². The third kappa shape index (κ3) is 7.83. The first kappa shape index (κ1) is 24.5. The summed E-state index contributed by atoms with van der Waals surface area (Å²) in [7, 11) is 1.43. The second-order valence-electron chi connectivity index (χ2n) is 6.76. The predicted octanol–water partition coefficient (Wildman–Crippen LogP) is 2.20. The number of halogens is 1. The minimum atomic E-state index is -0.688. The Labute approximate surface area is 184 Å². The van der Waals surface area contributed by atoms with E-state index in [1.807, 2.05) is 38.1 Å². The van der Waals surface area contributed by atoms with Crippen LogP contribution in [0.5, 0.6) is 5.75 Å². The molecule has 0 bridgehead atoms. The van der Waals surface area contributed by atoms with Crippen LogP contribution in [0.15, 0.2) is 29.3 Å². The molecule has 0 amide bonds. The van der Waals surface area contributed by atoms with Crippen molar-refractivity contribution >= 4 is 35.9 Å². The normalized spacial score (nSPS) is 16.1. The number of hydrogen-bond acceptors (Lipinski definition) is 5. The average molecular weight is 505 g/mol. The number of rotatable bonds is 7. The molecule has 28 heavy (non-hydrogen) atoms. The molecule has 1 unspecified atom stereocenters. The van der Waals surface area contributed by atoms with Crippen molar-refractivity contribution < 1.29 is 19.4 Å². The van der Waals surface area contributed by atoms with Gasteiger partial charge >= 0.3 is 5.97 Å².